The van der Waals surface area contributed by atoms with Gasteiger partial charge in [0.05, 0.1) is 6.04 Å². The van der Waals surface area contributed by atoms with Gasteiger partial charge < -0.3 is 10.6 Å². The first kappa shape index (κ1) is 19.2. The molecule has 2 rings (SSSR count). The van der Waals surface area contributed by atoms with E-state index in [0.717, 1.165) is 31.6 Å². The van der Waals surface area contributed by atoms with Crippen LogP contribution in [0, 0.1) is 6.92 Å². The summed E-state index contributed by atoms with van der Waals surface area (Å²) in [7, 11) is 0. The Bertz CT molecular complexity index is 578. The van der Waals surface area contributed by atoms with E-state index in [4.69, 9.17) is 0 Å². The summed E-state index contributed by atoms with van der Waals surface area (Å²) in [5.41, 5.74) is 2.39. The highest BCUT2D eigenvalue weighted by Crippen LogP contribution is 2.18. The molecule has 1 unspecified atom stereocenters. The molecule has 1 atom stereocenters. The van der Waals surface area contributed by atoms with E-state index in [0.29, 0.717) is 6.04 Å². The number of hydrogen-bond acceptors (Lipinski definition) is 4. The normalized spacial score (nSPS) is 17.2. The molecule has 1 aromatic rings. The molecule has 1 aliphatic heterocycles. The molecule has 6 heteroatoms. The number of nitrogens with zero attached hydrogens (tertiary/aromatic N) is 1. The second-order valence-corrected chi connectivity index (χ2v) is 7.11. The van der Waals surface area contributed by atoms with E-state index in [-0.39, 0.29) is 18.0 Å². The number of nitrogens with one attached hydrogen (secondary N) is 3. The molecule has 6 nitrogen and oxygen atoms in total. The molecule has 0 spiro atoms. The monoisotopic (exact) mass is 346 g/mol. The first-order chi connectivity index (χ1) is 11.8. The molecule has 1 fully saturated rings. The molecule has 0 aliphatic carbocycles. The SMILES string of the molecule is Cc1ccc(NC2CCN(C(C)C(=O)NC(=O)NC(C)C)CC2)cc1. The Morgan fingerprint density at radius 3 is 2.24 bits per heavy atom. The molecule has 0 radical (unpaired) electrons. The van der Waals surface area contributed by atoms with Crippen LogP contribution in [0.4, 0.5) is 10.5 Å². The third-order valence-electron chi connectivity index (χ3n) is 4.54. The zero-order valence-electron chi connectivity index (χ0n) is 15.6. The van der Waals surface area contributed by atoms with Gasteiger partial charge in [-0.1, -0.05) is 17.7 Å². The van der Waals surface area contributed by atoms with Crippen molar-refractivity contribution in [3.05, 3.63) is 29.8 Å². The largest absolute Gasteiger partial charge is 0.382 e. The molecule has 0 aromatic heterocycles. The molecule has 3 amide bonds. The summed E-state index contributed by atoms with van der Waals surface area (Å²) in [6.07, 6.45) is 1.95. The van der Waals surface area contributed by atoms with Crippen molar-refractivity contribution in [2.45, 2.75) is 58.7 Å². The Morgan fingerprint density at radius 1 is 1.08 bits per heavy atom. The van der Waals surface area contributed by atoms with Crippen LogP contribution in [0.25, 0.3) is 0 Å². The van der Waals surface area contributed by atoms with Gasteiger partial charge in [0, 0.05) is 30.9 Å². The molecular weight excluding hydrogens is 316 g/mol. The average molecular weight is 346 g/mol. The van der Waals surface area contributed by atoms with Crippen molar-refractivity contribution in [2.75, 3.05) is 18.4 Å². The maximum absolute atomic E-state index is 12.2. The fraction of sp³-hybridized carbons (Fsp3) is 0.579. The number of carbonyl (C=O) groups excluding carboxylic acids is 2. The van der Waals surface area contributed by atoms with Gasteiger partial charge in [0.25, 0.3) is 0 Å². The highest BCUT2D eigenvalue weighted by Gasteiger charge is 2.27. The number of imide groups is 1. The maximum Gasteiger partial charge on any atom is 0.321 e. The molecule has 1 aliphatic rings. The zero-order valence-corrected chi connectivity index (χ0v) is 15.6. The van der Waals surface area contributed by atoms with E-state index in [2.05, 4.69) is 52.0 Å². The number of urea groups is 1. The van der Waals surface area contributed by atoms with Gasteiger partial charge in [-0.05, 0) is 52.7 Å². The predicted octanol–water partition coefficient (Wildman–Crippen LogP) is 2.49. The summed E-state index contributed by atoms with van der Waals surface area (Å²) < 4.78 is 0. The summed E-state index contributed by atoms with van der Waals surface area (Å²) in [4.78, 5) is 26.0. The molecule has 138 valence electrons. The second kappa shape index (κ2) is 8.85. The standard InChI is InChI=1S/C19H30N4O2/c1-13(2)20-19(25)22-18(24)15(4)23-11-9-17(10-12-23)21-16-7-5-14(3)6-8-16/h5-8,13,15,17,21H,9-12H2,1-4H3,(H2,20,22,24,25). The number of aryl methyl sites for hydroxylation is 1. The lowest BCUT2D eigenvalue weighted by molar-refractivity contribution is -0.125. The second-order valence-electron chi connectivity index (χ2n) is 7.11. The highest BCUT2D eigenvalue weighted by molar-refractivity contribution is 5.96. The van der Waals surface area contributed by atoms with Crippen LogP contribution in [0.3, 0.4) is 0 Å². The topological polar surface area (TPSA) is 73.5 Å². The average Bonchev–Trinajstić information content (AvgIpc) is 2.56. The van der Waals surface area contributed by atoms with E-state index in [9.17, 15) is 9.59 Å². The first-order valence-corrected chi connectivity index (χ1v) is 9.03. The molecular formula is C19H30N4O2. The predicted molar refractivity (Wildman–Crippen MR) is 101 cm³/mol. The van der Waals surface area contributed by atoms with Gasteiger partial charge in [-0.3, -0.25) is 15.0 Å². The van der Waals surface area contributed by atoms with Crippen LogP contribution in [0.1, 0.15) is 39.2 Å². The third-order valence-corrected chi connectivity index (χ3v) is 4.54. The number of carbonyl (C=O) groups is 2. The van der Waals surface area contributed by atoms with Crippen molar-refractivity contribution in [3.8, 4) is 0 Å². The van der Waals surface area contributed by atoms with Crippen LogP contribution in [0.2, 0.25) is 0 Å². The van der Waals surface area contributed by atoms with E-state index in [1.54, 1.807) is 0 Å². The van der Waals surface area contributed by atoms with Crippen molar-refractivity contribution in [2.24, 2.45) is 0 Å². The fourth-order valence-corrected chi connectivity index (χ4v) is 3.00. The molecule has 0 bridgehead atoms. The number of anilines is 1. The van der Waals surface area contributed by atoms with Crippen LogP contribution in [-0.4, -0.2) is 48.1 Å². The highest BCUT2D eigenvalue weighted by atomic mass is 16.2. The van der Waals surface area contributed by atoms with E-state index in [1.165, 1.54) is 5.56 Å². The smallest absolute Gasteiger partial charge is 0.321 e. The summed E-state index contributed by atoms with van der Waals surface area (Å²) in [6, 6.07) is 8.10. The van der Waals surface area contributed by atoms with E-state index < -0.39 is 6.03 Å². The lowest BCUT2D eigenvalue weighted by atomic mass is 10.0. The van der Waals surface area contributed by atoms with Crippen LogP contribution in [0.5, 0.6) is 0 Å². The Morgan fingerprint density at radius 2 is 1.68 bits per heavy atom. The van der Waals surface area contributed by atoms with E-state index >= 15 is 0 Å². The van der Waals surface area contributed by atoms with Crippen molar-refractivity contribution >= 4 is 17.6 Å². The molecule has 1 aromatic carbocycles. The Balaban J connectivity index is 1.77. The summed E-state index contributed by atoms with van der Waals surface area (Å²) >= 11 is 0. The minimum absolute atomic E-state index is 0.00620. The van der Waals surface area contributed by atoms with Gasteiger partial charge in [0.15, 0.2) is 0 Å². The van der Waals surface area contributed by atoms with Crippen LogP contribution < -0.4 is 16.0 Å². The Kier molecular flexibility index (Phi) is 6.82. The molecule has 3 N–H and O–H groups in total. The van der Waals surface area contributed by atoms with Gasteiger partial charge in [-0.2, -0.15) is 0 Å². The Labute approximate surface area is 150 Å². The molecule has 0 saturated carbocycles. The van der Waals surface area contributed by atoms with E-state index in [1.807, 2.05) is 20.8 Å². The summed E-state index contributed by atoms with van der Waals surface area (Å²) in [5, 5.41) is 8.65. The van der Waals surface area contributed by atoms with Crippen molar-refractivity contribution in [3.63, 3.8) is 0 Å². The van der Waals surface area contributed by atoms with Gasteiger partial charge in [-0.15, -0.1) is 0 Å². The minimum Gasteiger partial charge on any atom is -0.382 e. The van der Waals surface area contributed by atoms with Gasteiger partial charge in [0.2, 0.25) is 5.91 Å². The molecule has 1 saturated heterocycles. The fourth-order valence-electron chi connectivity index (χ4n) is 3.00. The van der Waals surface area contributed by atoms with Crippen LogP contribution >= 0.6 is 0 Å². The third kappa shape index (κ3) is 6.05. The van der Waals surface area contributed by atoms with Gasteiger partial charge in [-0.25, -0.2) is 4.79 Å². The van der Waals surface area contributed by atoms with Crippen molar-refractivity contribution in [1.82, 2.24) is 15.5 Å². The lowest BCUT2D eigenvalue weighted by Gasteiger charge is -2.35. The van der Waals surface area contributed by atoms with Crippen molar-refractivity contribution < 1.29 is 9.59 Å². The quantitative estimate of drug-likeness (QED) is 0.766. The molecule has 1 heterocycles. The van der Waals surface area contributed by atoms with Crippen LogP contribution in [0.15, 0.2) is 24.3 Å². The number of piperidine rings is 1. The van der Waals surface area contributed by atoms with Gasteiger partial charge in [0.1, 0.15) is 0 Å². The number of hydrogen-bond donors (Lipinski definition) is 3. The summed E-state index contributed by atoms with van der Waals surface area (Å²) in [6.45, 7) is 9.33. The van der Waals surface area contributed by atoms with Crippen molar-refractivity contribution in [1.29, 1.82) is 0 Å². The summed E-state index contributed by atoms with van der Waals surface area (Å²) in [5.74, 6) is -0.247. The first-order valence-electron chi connectivity index (χ1n) is 9.03. The number of likely N-dealkylation sites (tertiary alicyclic amines) is 1. The number of benzene rings is 1. The molecule has 25 heavy (non-hydrogen) atoms. The van der Waals surface area contributed by atoms with Crippen LogP contribution in [-0.2, 0) is 4.79 Å². The minimum atomic E-state index is -0.428. The number of amides is 3. The lowest BCUT2D eigenvalue weighted by Crippen LogP contribution is -2.53. The zero-order chi connectivity index (χ0) is 18.4. The Hall–Kier alpha value is -2.08. The van der Waals surface area contributed by atoms with Gasteiger partial charge >= 0.3 is 6.03 Å². The number of rotatable bonds is 5. The maximum atomic E-state index is 12.2.